The van der Waals surface area contributed by atoms with Crippen LogP contribution >= 0.6 is 0 Å². The molecule has 0 fully saturated rings. The largest absolute Gasteiger partial charge is 0.457 e. The van der Waals surface area contributed by atoms with Gasteiger partial charge in [0.1, 0.15) is 0 Å². The molecule has 1 aromatic heterocycles. The summed E-state index contributed by atoms with van der Waals surface area (Å²) >= 11 is 0. The molecule has 0 atom stereocenters. The molecule has 2 rings (SSSR count). The van der Waals surface area contributed by atoms with E-state index >= 15 is 0 Å². The molecular weight excluding hydrogens is 340 g/mol. The highest BCUT2D eigenvalue weighted by atomic mass is 16.6. The monoisotopic (exact) mass is 358 g/mol. The molecule has 1 heterocycles. The Morgan fingerprint density at radius 3 is 2.42 bits per heavy atom. The second-order valence-corrected chi connectivity index (χ2v) is 5.83. The third-order valence-electron chi connectivity index (χ3n) is 3.96. The molecule has 0 aliphatic carbocycles. The van der Waals surface area contributed by atoms with E-state index in [2.05, 4.69) is 4.98 Å². The zero-order valence-electron chi connectivity index (χ0n) is 14.6. The molecular formula is C18H18N2O6. The average Bonchev–Trinajstić information content (AvgIpc) is 2.87. The van der Waals surface area contributed by atoms with Gasteiger partial charge in [0.25, 0.3) is 5.69 Å². The first-order valence-electron chi connectivity index (χ1n) is 7.83. The van der Waals surface area contributed by atoms with Crippen LogP contribution in [0.1, 0.15) is 44.6 Å². The molecule has 2 aromatic rings. The Labute approximate surface area is 149 Å². The van der Waals surface area contributed by atoms with Crippen molar-refractivity contribution in [3.05, 3.63) is 62.5 Å². The zero-order chi connectivity index (χ0) is 19.4. The molecule has 1 N–H and O–H groups in total. The van der Waals surface area contributed by atoms with E-state index in [9.17, 15) is 24.5 Å². The maximum absolute atomic E-state index is 12.3. The van der Waals surface area contributed by atoms with Gasteiger partial charge in [-0.05, 0) is 26.3 Å². The molecule has 0 amide bonds. The number of nitro groups is 1. The van der Waals surface area contributed by atoms with E-state index in [1.54, 1.807) is 19.9 Å². The van der Waals surface area contributed by atoms with Gasteiger partial charge in [0.05, 0.1) is 17.0 Å². The molecule has 0 bridgehead atoms. The summed E-state index contributed by atoms with van der Waals surface area (Å²) in [6.07, 6.45) is -0.314. The summed E-state index contributed by atoms with van der Waals surface area (Å²) in [5.74, 6) is -1.39. The predicted octanol–water partition coefficient (Wildman–Crippen LogP) is 2.71. The molecule has 26 heavy (non-hydrogen) atoms. The Morgan fingerprint density at radius 1 is 1.19 bits per heavy atom. The molecule has 8 nitrogen and oxygen atoms in total. The number of para-hydroxylation sites is 1. The maximum atomic E-state index is 12.3. The van der Waals surface area contributed by atoms with Crippen LogP contribution in [0.25, 0.3) is 0 Å². The van der Waals surface area contributed by atoms with Crippen LogP contribution in [-0.2, 0) is 16.0 Å². The fourth-order valence-electron chi connectivity index (χ4n) is 2.82. The number of hydrogen-bond donors (Lipinski definition) is 1. The minimum absolute atomic E-state index is 0.163. The Morgan fingerprint density at radius 2 is 1.85 bits per heavy atom. The highest BCUT2D eigenvalue weighted by Gasteiger charge is 2.21. The van der Waals surface area contributed by atoms with E-state index in [4.69, 9.17) is 4.74 Å². The number of ether oxygens (including phenoxy) is 1. The van der Waals surface area contributed by atoms with Crippen molar-refractivity contribution in [1.29, 1.82) is 0 Å². The third kappa shape index (κ3) is 4.02. The van der Waals surface area contributed by atoms with E-state index in [0.717, 1.165) is 0 Å². The summed E-state index contributed by atoms with van der Waals surface area (Å²) in [6.45, 7) is 4.21. The van der Waals surface area contributed by atoms with Gasteiger partial charge in [0, 0.05) is 22.9 Å². The number of aromatic nitrogens is 1. The topological polar surface area (TPSA) is 119 Å². The van der Waals surface area contributed by atoms with E-state index in [1.165, 1.54) is 25.1 Å². The molecule has 0 aliphatic heterocycles. The summed E-state index contributed by atoms with van der Waals surface area (Å²) in [4.78, 5) is 49.0. The Hall–Kier alpha value is -3.29. The number of H-pyrrole nitrogens is 1. The molecule has 0 aliphatic rings. The number of carbonyl (C=O) groups is 3. The zero-order valence-corrected chi connectivity index (χ0v) is 14.6. The van der Waals surface area contributed by atoms with Gasteiger partial charge >= 0.3 is 5.97 Å². The lowest BCUT2D eigenvalue weighted by Crippen LogP contribution is -2.17. The van der Waals surface area contributed by atoms with Crippen LogP contribution in [0.4, 0.5) is 5.69 Å². The first-order valence-corrected chi connectivity index (χ1v) is 7.83. The van der Waals surface area contributed by atoms with E-state index in [1.807, 2.05) is 0 Å². The van der Waals surface area contributed by atoms with Crippen molar-refractivity contribution in [3.63, 3.8) is 0 Å². The summed E-state index contributed by atoms with van der Waals surface area (Å²) < 4.78 is 4.95. The van der Waals surface area contributed by atoms with Crippen LogP contribution in [0.15, 0.2) is 24.3 Å². The number of ketones is 2. The number of carbonyl (C=O) groups excluding carboxylic acids is 3. The molecule has 0 unspecified atom stereocenters. The highest BCUT2D eigenvalue weighted by molar-refractivity contribution is 6.04. The lowest BCUT2D eigenvalue weighted by molar-refractivity contribution is -0.385. The summed E-state index contributed by atoms with van der Waals surface area (Å²) in [7, 11) is 0. The molecule has 0 spiro atoms. The number of nitrogens with zero attached hydrogens (tertiary/aromatic N) is 1. The lowest BCUT2D eigenvalue weighted by Gasteiger charge is -2.05. The first kappa shape index (κ1) is 19.0. The second kappa shape index (κ2) is 7.73. The molecule has 0 saturated carbocycles. The standard InChI is InChI=1S/C18H18N2O6/c1-10-17(12(3)21)11(2)19-18(10)15(22)9-26-16(23)8-13-6-4-5-7-14(13)20(24)25/h4-7,19H,8-9H2,1-3H3. The molecule has 8 heteroatoms. The van der Waals surface area contributed by atoms with Gasteiger partial charge in [0.15, 0.2) is 12.4 Å². The maximum Gasteiger partial charge on any atom is 0.310 e. The van der Waals surface area contributed by atoms with Gasteiger partial charge < -0.3 is 9.72 Å². The van der Waals surface area contributed by atoms with Crippen LogP contribution in [0.5, 0.6) is 0 Å². The smallest absolute Gasteiger partial charge is 0.310 e. The van der Waals surface area contributed by atoms with Gasteiger partial charge in [-0.2, -0.15) is 0 Å². The number of nitro benzene ring substituents is 1. The van der Waals surface area contributed by atoms with Crippen LogP contribution in [0.3, 0.4) is 0 Å². The second-order valence-electron chi connectivity index (χ2n) is 5.83. The Kier molecular flexibility index (Phi) is 5.66. The van der Waals surface area contributed by atoms with Gasteiger partial charge in [-0.3, -0.25) is 24.5 Å². The van der Waals surface area contributed by atoms with Gasteiger partial charge in [-0.25, -0.2) is 0 Å². The van der Waals surface area contributed by atoms with Crippen LogP contribution in [0, 0.1) is 24.0 Å². The van der Waals surface area contributed by atoms with Gasteiger partial charge in [-0.15, -0.1) is 0 Å². The fraction of sp³-hybridized carbons (Fsp3) is 0.278. The molecule has 0 saturated heterocycles. The highest BCUT2D eigenvalue weighted by Crippen LogP contribution is 2.20. The van der Waals surface area contributed by atoms with Crippen molar-refractivity contribution in [3.8, 4) is 0 Å². The quantitative estimate of drug-likeness (QED) is 0.352. The predicted molar refractivity (Wildman–Crippen MR) is 92.4 cm³/mol. The van der Waals surface area contributed by atoms with Crippen LogP contribution in [0.2, 0.25) is 0 Å². The normalized spacial score (nSPS) is 10.4. The van der Waals surface area contributed by atoms with Crippen LogP contribution in [-0.4, -0.2) is 34.0 Å². The van der Waals surface area contributed by atoms with E-state index in [-0.39, 0.29) is 29.1 Å². The molecule has 0 radical (unpaired) electrons. The van der Waals surface area contributed by atoms with Gasteiger partial charge in [-0.1, -0.05) is 18.2 Å². The van der Waals surface area contributed by atoms with Crippen molar-refractivity contribution in [2.45, 2.75) is 27.2 Å². The van der Waals surface area contributed by atoms with Crippen molar-refractivity contribution < 1.29 is 24.0 Å². The number of nitrogens with one attached hydrogen (secondary N) is 1. The van der Waals surface area contributed by atoms with Crippen molar-refractivity contribution in [2.24, 2.45) is 0 Å². The third-order valence-corrected chi connectivity index (χ3v) is 3.96. The number of aromatic amines is 1. The summed E-state index contributed by atoms with van der Waals surface area (Å²) in [5.41, 5.74) is 1.77. The minimum Gasteiger partial charge on any atom is -0.457 e. The number of benzene rings is 1. The van der Waals surface area contributed by atoms with Gasteiger partial charge in [0.2, 0.25) is 5.78 Å². The number of Topliss-reactive ketones (excluding diaryl/α,β-unsaturated/α-hetero) is 2. The number of aryl methyl sites for hydroxylation is 1. The number of rotatable bonds is 7. The first-order chi connectivity index (χ1) is 12.2. The Bertz CT molecular complexity index is 897. The lowest BCUT2D eigenvalue weighted by atomic mass is 10.1. The Balaban J connectivity index is 2.04. The summed E-state index contributed by atoms with van der Waals surface area (Å²) in [5, 5.41) is 10.9. The molecule has 136 valence electrons. The summed E-state index contributed by atoms with van der Waals surface area (Å²) in [6, 6.07) is 5.83. The van der Waals surface area contributed by atoms with Crippen molar-refractivity contribution in [1.82, 2.24) is 4.98 Å². The number of esters is 1. The molecule has 1 aromatic carbocycles. The van der Waals surface area contributed by atoms with Crippen molar-refractivity contribution >= 4 is 23.2 Å². The van der Waals surface area contributed by atoms with Crippen molar-refractivity contribution in [2.75, 3.05) is 6.61 Å². The van der Waals surface area contributed by atoms with Crippen LogP contribution < -0.4 is 0 Å². The van der Waals surface area contributed by atoms with E-state index in [0.29, 0.717) is 16.8 Å². The number of hydrogen-bond acceptors (Lipinski definition) is 6. The van der Waals surface area contributed by atoms with E-state index < -0.39 is 23.3 Å². The average molecular weight is 358 g/mol. The minimum atomic E-state index is -0.750. The SMILES string of the molecule is CC(=O)c1c(C)[nH]c(C(=O)COC(=O)Cc2ccccc2[N+](=O)[O-])c1C. The fourth-order valence-corrected chi connectivity index (χ4v) is 2.82.